The number of likely N-dealkylation sites (tertiary alicyclic amines) is 1. The second kappa shape index (κ2) is 34.4. The third-order valence-electron chi connectivity index (χ3n) is 12.8. The molecule has 1 heterocycles. The molecule has 1 aliphatic rings. The zero-order chi connectivity index (χ0) is 60.6. The van der Waals surface area contributed by atoms with Gasteiger partial charge in [-0.15, -0.1) is 0 Å². The number of aliphatic imine (C=N–C) groups is 1. The predicted octanol–water partition coefficient (Wildman–Crippen LogP) is -3.59. The highest BCUT2D eigenvalue weighted by atomic mass is 16.4. The van der Waals surface area contributed by atoms with Gasteiger partial charge in [-0.1, -0.05) is 69.2 Å². The van der Waals surface area contributed by atoms with Crippen LogP contribution in [0.5, 0.6) is 0 Å². The molecule has 0 radical (unpaired) electrons. The minimum Gasteiger partial charge on any atom is -0.480 e. The van der Waals surface area contributed by atoms with Gasteiger partial charge in [-0.2, -0.15) is 0 Å². The molecule has 0 bridgehead atoms. The van der Waals surface area contributed by atoms with E-state index in [9.17, 15) is 68.1 Å². The summed E-state index contributed by atoms with van der Waals surface area (Å²) in [5, 5.41) is 50.7. The van der Waals surface area contributed by atoms with Gasteiger partial charge >= 0.3 is 5.97 Å². The lowest BCUT2D eigenvalue weighted by Crippen LogP contribution is -2.63. The Labute approximate surface area is 463 Å². The number of aliphatic carboxylic acids is 1. The second-order valence-electron chi connectivity index (χ2n) is 22.2. The van der Waals surface area contributed by atoms with Gasteiger partial charge in [-0.05, 0) is 87.9 Å². The molecule has 28 nitrogen and oxygen atoms in total. The van der Waals surface area contributed by atoms with Crippen molar-refractivity contribution in [3.05, 3.63) is 0 Å². The first-order valence-corrected chi connectivity index (χ1v) is 27.1. The normalized spacial score (nSPS) is 17.2. The first-order valence-electron chi connectivity index (χ1n) is 27.1. The Kier molecular flexibility index (Phi) is 30.6. The smallest absolute Gasteiger partial charge is 0.326 e. The van der Waals surface area contributed by atoms with Crippen molar-refractivity contribution in [1.82, 2.24) is 47.4 Å². The van der Waals surface area contributed by atoms with Gasteiger partial charge in [0, 0.05) is 19.5 Å². The molecule has 0 aromatic rings. The molecule has 0 aromatic carbocycles. The van der Waals surface area contributed by atoms with E-state index in [2.05, 4.69) is 47.5 Å². The molecule has 1 saturated heterocycles. The number of nitrogens with one attached hydrogen (secondary N) is 8. The molecule has 0 unspecified atom stereocenters. The maximum atomic E-state index is 14.0. The highest BCUT2D eigenvalue weighted by Crippen LogP contribution is 2.21. The fourth-order valence-electron chi connectivity index (χ4n) is 8.57. The van der Waals surface area contributed by atoms with E-state index in [-0.39, 0.29) is 62.5 Å². The maximum Gasteiger partial charge on any atom is 0.326 e. The fraction of sp³-hybridized carbons (Fsp3) is 0.765. The van der Waals surface area contributed by atoms with Crippen molar-refractivity contribution in [1.29, 1.82) is 0 Å². The Hall–Kier alpha value is -6.68. The molecule has 1 aliphatic heterocycles. The van der Waals surface area contributed by atoms with E-state index in [0.717, 1.165) is 6.92 Å². The van der Waals surface area contributed by atoms with E-state index >= 15 is 0 Å². The monoisotopic (exact) mass is 1120 g/mol. The highest BCUT2D eigenvalue weighted by Gasteiger charge is 2.40. The van der Waals surface area contributed by atoms with Crippen molar-refractivity contribution in [3.8, 4) is 0 Å². The van der Waals surface area contributed by atoms with E-state index in [0.29, 0.717) is 19.3 Å². The van der Waals surface area contributed by atoms with Crippen LogP contribution in [0.25, 0.3) is 0 Å². The molecule has 19 N–H and O–H groups in total. The molecular weight excluding hydrogens is 1030 g/mol. The number of aliphatic hydroxyl groups is 2. The highest BCUT2D eigenvalue weighted by molar-refractivity contribution is 5.99. The van der Waals surface area contributed by atoms with Crippen molar-refractivity contribution in [3.63, 3.8) is 0 Å². The molecule has 28 heteroatoms. The number of amides is 10. The number of hydrogen-bond donors (Lipinski definition) is 15. The Morgan fingerprint density at radius 3 is 1.43 bits per heavy atom. The molecule has 10 amide bonds. The van der Waals surface area contributed by atoms with Gasteiger partial charge in [-0.25, -0.2) is 4.79 Å². The third-order valence-corrected chi connectivity index (χ3v) is 12.8. The number of carboxylic acid groups (broad SMARTS) is 1. The first kappa shape index (κ1) is 70.3. The number of carbonyl (C=O) groups excluding carboxylic acids is 10. The molecule has 11 atom stereocenters. The van der Waals surface area contributed by atoms with Crippen LogP contribution < -0.4 is 65.5 Å². The van der Waals surface area contributed by atoms with E-state index in [1.165, 1.54) is 4.90 Å². The molecule has 0 aromatic heterocycles. The topological polar surface area (TPSA) is 464 Å². The molecular formula is C51H92N14O14. The average molecular weight is 1130 g/mol. The van der Waals surface area contributed by atoms with Crippen LogP contribution in [0.15, 0.2) is 4.99 Å². The van der Waals surface area contributed by atoms with E-state index < -0.39 is 163 Å². The van der Waals surface area contributed by atoms with Crippen LogP contribution >= 0.6 is 0 Å². The number of guanidine groups is 1. The van der Waals surface area contributed by atoms with Crippen LogP contribution in [0, 0.1) is 29.6 Å². The number of hydrogen-bond acceptors (Lipinski definition) is 15. The average Bonchev–Trinajstić information content (AvgIpc) is 3.84. The number of rotatable bonds is 35. The van der Waals surface area contributed by atoms with E-state index in [4.69, 9.17) is 22.9 Å². The van der Waals surface area contributed by atoms with Crippen molar-refractivity contribution in [2.45, 2.75) is 200 Å². The quantitative estimate of drug-likeness (QED) is 0.0166. The van der Waals surface area contributed by atoms with Crippen molar-refractivity contribution in [2.24, 2.45) is 57.5 Å². The van der Waals surface area contributed by atoms with Gasteiger partial charge in [-0.3, -0.25) is 52.9 Å². The summed E-state index contributed by atoms with van der Waals surface area (Å²) in [7, 11) is 0. The standard InChI is InChI=1S/C51H92N14O14/c1-24(2)20-32(42(70)59-33(21-25(3)4)43(71)60-34(50(78)79)22-26(5)6)58-41(69)31(16-17-37(53)68)57-48(76)40(29(11)67)64-44(72)35(23-66)61-46(74)38(27(7)8)63-47(75)39(28(9)10)62-45(73)36-15-13-19-65(36)49(77)30(52)14-12-18-56-51(54)55/h24-36,38-40,66-67H,12-23,52H2,1-11H3,(H2,53,68)(H,57,76)(H,58,69)(H,59,70)(H,60,71)(H,61,74)(H,62,73)(H,63,75)(H,64,72)(H,78,79)(H4,54,55,56)/t29-,30+,31+,32+,33+,34+,35+,36+,38+,39+,40+/m1/s1. The number of carbonyl (C=O) groups is 11. The van der Waals surface area contributed by atoms with Crippen LogP contribution in [0.4, 0.5) is 0 Å². The largest absolute Gasteiger partial charge is 0.480 e. The lowest BCUT2D eigenvalue weighted by atomic mass is 9.98. The Bertz CT molecular complexity index is 2120. The summed E-state index contributed by atoms with van der Waals surface area (Å²) >= 11 is 0. The van der Waals surface area contributed by atoms with Gasteiger partial charge in [0.25, 0.3) is 0 Å². The zero-order valence-electron chi connectivity index (χ0n) is 47.8. The molecule has 79 heavy (non-hydrogen) atoms. The predicted molar refractivity (Wildman–Crippen MR) is 291 cm³/mol. The molecule has 1 rings (SSSR count). The van der Waals surface area contributed by atoms with E-state index in [1.54, 1.807) is 69.2 Å². The minimum atomic E-state index is -1.87. The van der Waals surface area contributed by atoms with Gasteiger partial charge < -0.3 is 85.7 Å². The fourth-order valence-corrected chi connectivity index (χ4v) is 8.57. The number of primary amides is 1. The Morgan fingerprint density at radius 2 is 0.975 bits per heavy atom. The Balaban J connectivity index is 3.29. The first-order chi connectivity index (χ1) is 36.7. The minimum absolute atomic E-state index is 0.0101. The van der Waals surface area contributed by atoms with Crippen molar-refractivity contribution in [2.75, 3.05) is 19.7 Å². The van der Waals surface area contributed by atoms with Crippen molar-refractivity contribution < 1.29 is 68.1 Å². The summed E-state index contributed by atoms with van der Waals surface area (Å²) in [5.41, 5.74) is 22.3. The summed E-state index contributed by atoms with van der Waals surface area (Å²) in [4.78, 5) is 153. The van der Waals surface area contributed by atoms with Crippen LogP contribution in [0.2, 0.25) is 0 Å². The molecule has 0 aliphatic carbocycles. The molecule has 0 saturated carbocycles. The Morgan fingerprint density at radius 1 is 0.557 bits per heavy atom. The van der Waals surface area contributed by atoms with Crippen LogP contribution in [-0.4, -0.2) is 177 Å². The molecule has 0 spiro atoms. The third kappa shape index (κ3) is 24.9. The number of nitrogens with two attached hydrogens (primary N) is 4. The summed E-state index contributed by atoms with van der Waals surface area (Å²) < 4.78 is 0. The lowest BCUT2D eigenvalue weighted by Gasteiger charge is -2.31. The van der Waals surface area contributed by atoms with Gasteiger partial charge in [0.15, 0.2) is 5.96 Å². The SMILES string of the molecule is CC(C)C[C@H](NC(=O)[C@H](CC(C)C)NC(=O)[C@H](CC(C)C)NC(=O)[C@H](CCC(N)=O)NC(=O)[C@@H](NC(=O)[C@H](CO)NC(=O)[C@@H](NC(=O)[C@@H](NC(=O)[C@@H]1CCCN1C(=O)[C@@H](N)CCCN=C(N)N)C(C)C)C(C)C)[C@@H](C)O)C(=O)O. The van der Waals surface area contributed by atoms with Gasteiger partial charge in [0.1, 0.15) is 54.4 Å². The van der Waals surface area contributed by atoms with Crippen LogP contribution in [0.3, 0.4) is 0 Å². The summed E-state index contributed by atoms with van der Waals surface area (Å²) in [6.07, 6.45) is -0.881. The number of carboxylic acids is 1. The number of aliphatic hydroxyl groups excluding tert-OH is 2. The second-order valence-corrected chi connectivity index (χ2v) is 22.2. The summed E-state index contributed by atoms with van der Waals surface area (Å²) in [6, 6.07) is -13.5. The van der Waals surface area contributed by atoms with Crippen molar-refractivity contribution >= 4 is 71.0 Å². The van der Waals surface area contributed by atoms with Gasteiger partial charge in [0.2, 0.25) is 59.1 Å². The zero-order valence-corrected chi connectivity index (χ0v) is 47.8. The number of nitrogens with zero attached hydrogens (tertiary/aromatic N) is 2. The molecule has 450 valence electrons. The van der Waals surface area contributed by atoms with Crippen LogP contribution in [-0.2, 0) is 52.7 Å². The summed E-state index contributed by atoms with van der Waals surface area (Å²) in [5.74, 6) is -11.6. The summed E-state index contributed by atoms with van der Waals surface area (Å²) in [6.45, 7) is 17.7. The lowest BCUT2D eigenvalue weighted by molar-refractivity contribution is -0.143. The van der Waals surface area contributed by atoms with Gasteiger partial charge in [0.05, 0.1) is 18.8 Å². The molecule has 1 fully saturated rings. The van der Waals surface area contributed by atoms with E-state index in [1.807, 2.05) is 0 Å². The maximum absolute atomic E-state index is 14.0. The van der Waals surface area contributed by atoms with Crippen LogP contribution in [0.1, 0.15) is 134 Å².